The van der Waals surface area contributed by atoms with Gasteiger partial charge in [0.05, 0.1) is 10.8 Å². The van der Waals surface area contributed by atoms with Gasteiger partial charge >= 0.3 is 0 Å². The van der Waals surface area contributed by atoms with Crippen molar-refractivity contribution in [2.24, 2.45) is 0 Å². The highest BCUT2D eigenvalue weighted by atomic mass is 35.5. The minimum absolute atomic E-state index is 0.0927. The van der Waals surface area contributed by atoms with Gasteiger partial charge in [0, 0.05) is 38.1 Å². The number of carbonyl (C=O) groups is 1. The third-order valence-corrected chi connectivity index (χ3v) is 5.92. The number of aromatic nitrogens is 3. The van der Waals surface area contributed by atoms with Crippen molar-refractivity contribution in [3.8, 4) is 11.4 Å². The van der Waals surface area contributed by atoms with Crippen molar-refractivity contribution in [1.29, 1.82) is 0 Å². The number of halogens is 2. The number of amides is 1. The Hall–Kier alpha value is -2.42. The fourth-order valence-electron chi connectivity index (χ4n) is 3.13. The number of hydrogen-bond donors (Lipinski definition) is 0. The van der Waals surface area contributed by atoms with Gasteiger partial charge in [-0.1, -0.05) is 35.5 Å². The molecule has 3 aromatic rings. The number of ether oxygens (including phenoxy) is 1. The van der Waals surface area contributed by atoms with E-state index < -0.39 is 0 Å². The standard InChI is InChI=1S/C22H24ClFN4O2S/c1-3-27(17-11-9-16(24)10-12-17)20(29)15-31-22-26-25-21(28(22)13-6-14-30-2)18-7-4-5-8-19(18)23/h4-5,7-12H,3,6,13-15H2,1-2H3. The third-order valence-electron chi connectivity index (χ3n) is 4.64. The maximum atomic E-state index is 13.2. The summed E-state index contributed by atoms with van der Waals surface area (Å²) in [5.74, 6) is 0.404. The highest BCUT2D eigenvalue weighted by molar-refractivity contribution is 7.99. The molecule has 0 radical (unpaired) electrons. The second kappa shape index (κ2) is 11.3. The quantitative estimate of drug-likeness (QED) is 0.316. The Morgan fingerprint density at radius 1 is 1.19 bits per heavy atom. The summed E-state index contributed by atoms with van der Waals surface area (Å²) in [6, 6.07) is 13.4. The van der Waals surface area contributed by atoms with E-state index in [1.807, 2.05) is 35.8 Å². The molecule has 0 spiro atoms. The predicted molar refractivity (Wildman–Crippen MR) is 122 cm³/mol. The van der Waals surface area contributed by atoms with Crippen molar-refractivity contribution in [3.63, 3.8) is 0 Å². The molecule has 0 saturated heterocycles. The Balaban J connectivity index is 1.79. The zero-order valence-corrected chi connectivity index (χ0v) is 19.0. The smallest absolute Gasteiger partial charge is 0.237 e. The lowest BCUT2D eigenvalue weighted by molar-refractivity contribution is -0.116. The van der Waals surface area contributed by atoms with Crippen molar-refractivity contribution in [3.05, 3.63) is 59.4 Å². The molecule has 0 saturated carbocycles. The molecule has 0 unspecified atom stereocenters. The molecule has 1 aromatic heterocycles. The molecule has 9 heteroatoms. The van der Waals surface area contributed by atoms with Crippen LogP contribution in [0.2, 0.25) is 5.02 Å². The van der Waals surface area contributed by atoms with Crippen LogP contribution in [0.4, 0.5) is 10.1 Å². The van der Waals surface area contributed by atoms with Crippen molar-refractivity contribution in [1.82, 2.24) is 14.8 Å². The number of anilines is 1. The number of rotatable bonds is 10. The summed E-state index contributed by atoms with van der Waals surface area (Å²) >= 11 is 7.68. The van der Waals surface area contributed by atoms with E-state index >= 15 is 0 Å². The lowest BCUT2D eigenvalue weighted by atomic mass is 10.2. The van der Waals surface area contributed by atoms with E-state index in [1.54, 1.807) is 24.1 Å². The molecule has 0 bridgehead atoms. The normalized spacial score (nSPS) is 11.0. The number of thioether (sulfide) groups is 1. The SMILES string of the molecule is CCN(C(=O)CSc1nnc(-c2ccccc2Cl)n1CCCOC)c1ccc(F)cc1. The topological polar surface area (TPSA) is 60.2 Å². The van der Waals surface area contributed by atoms with Gasteiger partial charge in [0.15, 0.2) is 11.0 Å². The lowest BCUT2D eigenvalue weighted by Gasteiger charge is -2.21. The molecule has 164 valence electrons. The second-order valence-electron chi connectivity index (χ2n) is 6.69. The largest absolute Gasteiger partial charge is 0.385 e. The summed E-state index contributed by atoms with van der Waals surface area (Å²) in [5, 5.41) is 9.87. The maximum Gasteiger partial charge on any atom is 0.237 e. The molecule has 0 N–H and O–H groups in total. The van der Waals surface area contributed by atoms with Gasteiger partial charge in [-0.25, -0.2) is 4.39 Å². The van der Waals surface area contributed by atoms with Gasteiger partial charge in [0.25, 0.3) is 0 Å². The maximum absolute atomic E-state index is 13.2. The van der Waals surface area contributed by atoms with Crippen LogP contribution in [0.3, 0.4) is 0 Å². The van der Waals surface area contributed by atoms with Crippen LogP contribution in [-0.4, -0.2) is 46.7 Å². The molecule has 0 atom stereocenters. The first kappa shape index (κ1) is 23.2. The van der Waals surface area contributed by atoms with Gasteiger partial charge in [-0.3, -0.25) is 4.79 Å². The van der Waals surface area contributed by atoms with Crippen LogP contribution in [0, 0.1) is 5.82 Å². The molecule has 3 rings (SSSR count). The van der Waals surface area contributed by atoms with Gasteiger partial charge in [-0.15, -0.1) is 10.2 Å². The Morgan fingerprint density at radius 2 is 1.94 bits per heavy atom. The fourth-order valence-corrected chi connectivity index (χ4v) is 4.19. The Kier molecular flexibility index (Phi) is 8.45. The first-order valence-electron chi connectivity index (χ1n) is 9.91. The van der Waals surface area contributed by atoms with Crippen LogP contribution in [0.5, 0.6) is 0 Å². The highest BCUT2D eigenvalue weighted by Crippen LogP contribution is 2.30. The van der Waals surface area contributed by atoms with E-state index in [0.29, 0.717) is 41.4 Å². The number of hydrogen-bond acceptors (Lipinski definition) is 5. The fraction of sp³-hybridized carbons (Fsp3) is 0.318. The van der Waals surface area contributed by atoms with E-state index in [-0.39, 0.29) is 17.5 Å². The van der Waals surface area contributed by atoms with E-state index in [9.17, 15) is 9.18 Å². The molecule has 1 amide bonds. The first-order chi connectivity index (χ1) is 15.0. The number of carbonyl (C=O) groups excluding carboxylic acids is 1. The van der Waals surface area contributed by atoms with Crippen LogP contribution in [0.25, 0.3) is 11.4 Å². The van der Waals surface area contributed by atoms with Crippen molar-refractivity contribution >= 4 is 35.0 Å². The zero-order valence-electron chi connectivity index (χ0n) is 17.4. The van der Waals surface area contributed by atoms with Crippen LogP contribution in [0.1, 0.15) is 13.3 Å². The summed E-state index contributed by atoms with van der Waals surface area (Å²) in [6.45, 7) is 3.59. The van der Waals surface area contributed by atoms with Gasteiger partial charge in [-0.05, 0) is 49.7 Å². The summed E-state index contributed by atoms with van der Waals surface area (Å²) in [4.78, 5) is 14.5. The summed E-state index contributed by atoms with van der Waals surface area (Å²) in [5.41, 5.74) is 1.45. The summed E-state index contributed by atoms with van der Waals surface area (Å²) in [6.07, 6.45) is 0.768. The van der Waals surface area contributed by atoms with Crippen molar-refractivity contribution < 1.29 is 13.9 Å². The van der Waals surface area contributed by atoms with Crippen LogP contribution < -0.4 is 4.90 Å². The average Bonchev–Trinajstić information content (AvgIpc) is 3.17. The molecule has 0 aliphatic rings. The predicted octanol–water partition coefficient (Wildman–Crippen LogP) is 4.92. The molecule has 31 heavy (non-hydrogen) atoms. The lowest BCUT2D eigenvalue weighted by Crippen LogP contribution is -2.32. The van der Waals surface area contributed by atoms with E-state index in [1.165, 1.54) is 23.9 Å². The van der Waals surface area contributed by atoms with E-state index in [2.05, 4.69) is 10.2 Å². The molecule has 2 aromatic carbocycles. The summed E-state index contributed by atoms with van der Waals surface area (Å²) < 4.78 is 20.4. The van der Waals surface area contributed by atoms with Crippen LogP contribution >= 0.6 is 23.4 Å². The number of methoxy groups -OCH3 is 1. The Labute approximate surface area is 190 Å². The number of benzene rings is 2. The molecule has 0 aliphatic carbocycles. The zero-order chi connectivity index (χ0) is 22.2. The minimum atomic E-state index is -0.335. The molecular weight excluding hydrogens is 439 g/mol. The molecular formula is C22H24ClFN4O2S. The molecule has 0 aliphatic heterocycles. The monoisotopic (exact) mass is 462 g/mol. The average molecular weight is 463 g/mol. The molecule has 1 heterocycles. The molecule has 6 nitrogen and oxygen atoms in total. The van der Waals surface area contributed by atoms with E-state index in [0.717, 1.165) is 12.0 Å². The Bertz CT molecular complexity index is 1010. The van der Waals surface area contributed by atoms with Crippen LogP contribution in [0.15, 0.2) is 53.7 Å². The number of nitrogens with zero attached hydrogens (tertiary/aromatic N) is 4. The highest BCUT2D eigenvalue weighted by Gasteiger charge is 2.19. The van der Waals surface area contributed by atoms with E-state index in [4.69, 9.17) is 16.3 Å². The van der Waals surface area contributed by atoms with Gasteiger partial charge < -0.3 is 14.2 Å². The third kappa shape index (κ3) is 5.84. The van der Waals surface area contributed by atoms with Crippen molar-refractivity contribution in [2.75, 3.05) is 30.9 Å². The second-order valence-corrected chi connectivity index (χ2v) is 8.04. The first-order valence-corrected chi connectivity index (χ1v) is 11.3. The Morgan fingerprint density at radius 3 is 2.61 bits per heavy atom. The van der Waals surface area contributed by atoms with Gasteiger partial charge in [0.2, 0.25) is 5.91 Å². The van der Waals surface area contributed by atoms with Crippen molar-refractivity contribution in [2.45, 2.75) is 25.0 Å². The minimum Gasteiger partial charge on any atom is -0.385 e. The van der Waals surface area contributed by atoms with Gasteiger partial charge in [0.1, 0.15) is 5.82 Å². The summed E-state index contributed by atoms with van der Waals surface area (Å²) in [7, 11) is 1.66. The molecule has 0 fully saturated rings. The van der Waals surface area contributed by atoms with Crippen LogP contribution in [-0.2, 0) is 16.1 Å². The van der Waals surface area contributed by atoms with Gasteiger partial charge in [-0.2, -0.15) is 0 Å².